The first-order valence-electron chi connectivity index (χ1n) is 5.34. The van der Waals surface area contributed by atoms with E-state index in [9.17, 15) is 0 Å². The predicted molar refractivity (Wildman–Crippen MR) is 61.3 cm³/mol. The van der Waals surface area contributed by atoms with Gasteiger partial charge >= 0.3 is 0 Å². The van der Waals surface area contributed by atoms with Crippen LogP contribution in [0.5, 0.6) is 0 Å². The fraction of sp³-hybridized carbons (Fsp3) is 0.556. The summed E-state index contributed by atoms with van der Waals surface area (Å²) in [5.74, 6) is 1.33. The lowest BCUT2D eigenvalue weighted by atomic mass is 10.2. The van der Waals surface area contributed by atoms with Crippen LogP contribution in [0.15, 0.2) is 12.1 Å². The van der Waals surface area contributed by atoms with Gasteiger partial charge in [-0.3, -0.25) is 0 Å². The van der Waals surface area contributed by atoms with E-state index in [1.807, 2.05) is 12.1 Å². The van der Waals surface area contributed by atoms with Gasteiger partial charge in [-0.15, -0.1) is 26.4 Å². The van der Waals surface area contributed by atoms with Crippen molar-refractivity contribution in [3.8, 4) is 0 Å². The van der Waals surface area contributed by atoms with Crippen LogP contribution in [0, 0.1) is 0 Å². The molecule has 0 saturated carbocycles. The monoisotopic (exact) mass is 254 g/mol. The number of halogens is 1. The van der Waals surface area contributed by atoms with E-state index < -0.39 is 0 Å². The Kier molecular flexibility index (Phi) is 2.77. The summed E-state index contributed by atoms with van der Waals surface area (Å²) in [5.41, 5.74) is 0.629. The summed E-state index contributed by atoms with van der Waals surface area (Å²) < 4.78 is 6.81. The summed E-state index contributed by atoms with van der Waals surface area (Å²) in [5, 5.41) is 15.5. The number of aromatic nitrogens is 5. The molecule has 1 atom stereocenters. The van der Waals surface area contributed by atoms with E-state index in [1.165, 1.54) is 4.63 Å². The second-order valence-corrected chi connectivity index (χ2v) is 4.10. The minimum atomic E-state index is 0.145. The number of anilines is 1. The van der Waals surface area contributed by atoms with Gasteiger partial charge in [-0.2, -0.15) is 0 Å². The van der Waals surface area contributed by atoms with Gasteiger partial charge in [0, 0.05) is 12.4 Å². The van der Waals surface area contributed by atoms with Gasteiger partial charge in [-0.25, -0.2) is 0 Å². The van der Waals surface area contributed by atoms with Gasteiger partial charge in [-0.05, 0) is 22.6 Å². The number of tetrazole rings is 1. The molecule has 0 amide bonds. The molecule has 1 fully saturated rings. The summed E-state index contributed by atoms with van der Waals surface area (Å²) in [7, 11) is 0. The Morgan fingerprint density at radius 3 is 3.29 bits per heavy atom. The largest absolute Gasteiger partial charge is 0.377 e. The van der Waals surface area contributed by atoms with Crippen LogP contribution < -0.4 is 4.90 Å². The molecule has 0 bridgehead atoms. The average Bonchev–Trinajstić information content (AvgIpc) is 2.85. The molecular weight excluding hydrogens is 244 g/mol. The van der Waals surface area contributed by atoms with E-state index in [0.29, 0.717) is 24.7 Å². The van der Waals surface area contributed by atoms with Gasteiger partial charge in [0.05, 0.1) is 19.3 Å². The molecule has 0 radical (unpaired) electrons. The number of morpholine rings is 1. The highest BCUT2D eigenvalue weighted by atomic mass is 35.5. The molecule has 2 aromatic heterocycles. The predicted octanol–water partition coefficient (Wildman–Crippen LogP) is -0.0367. The van der Waals surface area contributed by atoms with Crippen molar-refractivity contribution in [1.82, 2.24) is 25.3 Å². The molecule has 0 aromatic carbocycles. The molecule has 0 spiro atoms. The summed E-state index contributed by atoms with van der Waals surface area (Å²) >= 11 is 5.93. The van der Waals surface area contributed by atoms with E-state index in [2.05, 4.69) is 25.5 Å². The van der Waals surface area contributed by atoms with Crippen LogP contribution in [0.4, 0.5) is 5.82 Å². The van der Waals surface area contributed by atoms with E-state index in [0.717, 1.165) is 12.4 Å². The van der Waals surface area contributed by atoms with Gasteiger partial charge in [0.15, 0.2) is 11.5 Å². The lowest BCUT2D eigenvalue weighted by molar-refractivity contribution is 0.0992. The van der Waals surface area contributed by atoms with E-state index >= 15 is 0 Å². The number of hydrogen-bond acceptors (Lipinski definition) is 6. The topological polar surface area (TPSA) is 68.4 Å². The summed E-state index contributed by atoms with van der Waals surface area (Å²) in [4.78, 5) is 2.12. The number of hydrogen-bond donors (Lipinski definition) is 0. The van der Waals surface area contributed by atoms with Crippen LogP contribution in [0.25, 0.3) is 5.65 Å². The molecule has 1 aliphatic rings. The van der Waals surface area contributed by atoms with E-state index in [4.69, 9.17) is 16.3 Å². The number of ether oxygens (including phenoxy) is 1. The minimum absolute atomic E-state index is 0.145. The highest BCUT2D eigenvalue weighted by Crippen LogP contribution is 2.17. The van der Waals surface area contributed by atoms with E-state index in [1.54, 1.807) is 0 Å². The Morgan fingerprint density at radius 1 is 1.47 bits per heavy atom. The van der Waals surface area contributed by atoms with Crippen molar-refractivity contribution in [2.75, 3.05) is 30.5 Å². The molecule has 2 aromatic rings. The van der Waals surface area contributed by atoms with Crippen LogP contribution >= 0.6 is 11.6 Å². The molecule has 17 heavy (non-hydrogen) atoms. The molecule has 1 saturated heterocycles. The highest BCUT2D eigenvalue weighted by molar-refractivity contribution is 6.18. The SMILES string of the molecule is ClCC1COCCN1c1ccc2nnnn2n1. The minimum Gasteiger partial charge on any atom is -0.377 e. The Balaban J connectivity index is 1.95. The van der Waals surface area contributed by atoms with Gasteiger partial charge in [-0.1, -0.05) is 0 Å². The fourth-order valence-electron chi connectivity index (χ4n) is 1.88. The maximum atomic E-state index is 5.93. The van der Waals surface area contributed by atoms with Crippen LogP contribution in [-0.4, -0.2) is 56.9 Å². The number of fused-ring (bicyclic) bond motifs is 1. The number of alkyl halides is 1. The Hall–Kier alpha value is -1.47. The smallest absolute Gasteiger partial charge is 0.200 e. The van der Waals surface area contributed by atoms with Gasteiger partial charge in [0.2, 0.25) is 0 Å². The molecule has 90 valence electrons. The normalized spacial score (nSPS) is 21.0. The van der Waals surface area contributed by atoms with E-state index in [-0.39, 0.29) is 6.04 Å². The molecule has 0 N–H and O–H groups in total. The van der Waals surface area contributed by atoms with Crippen LogP contribution in [-0.2, 0) is 4.74 Å². The van der Waals surface area contributed by atoms with Gasteiger partial charge in [0.1, 0.15) is 0 Å². The molecule has 0 aliphatic carbocycles. The highest BCUT2D eigenvalue weighted by Gasteiger charge is 2.23. The number of nitrogens with zero attached hydrogens (tertiary/aromatic N) is 6. The molecule has 3 heterocycles. The van der Waals surface area contributed by atoms with Crippen molar-refractivity contribution in [3.05, 3.63) is 12.1 Å². The Labute approximate surface area is 102 Å². The first-order valence-corrected chi connectivity index (χ1v) is 5.88. The maximum Gasteiger partial charge on any atom is 0.200 e. The first-order chi connectivity index (χ1) is 8.38. The maximum absolute atomic E-state index is 5.93. The first kappa shape index (κ1) is 10.7. The summed E-state index contributed by atoms with van der Waals surface area (Å²) in [6.45, 7) is 2.08. The Morgan fingerprint density at radius 2 is 2.41 bits per heavy atom. The fourth-order valence-corrected chi connectivity index (χ4v) is 2.13. The lowest BCUT2D eigenvalue weighted by Gasteiger charge is -2.34. The molecule has 8 heteroatoms. The molecule has 7 nitrogen and oxygen atoms in total. The third kappa shape index (κ3) is 1.91. The van der Waals surface area contributed by atoms with Crippen molar-refractivity contribution in [3.63, 3.8) is 0 Å². The molecule has 3 rings (SSSR count). The third-order valence-electron chi connectivity index (χ3n) is 2.76. The van der Waals surface area contributed by atoms with Crippen molar-refractivity contribution >= 4 is 23.1 Å². The second-order valence-electron chi connectivity index (χ2n) is 3.79. The lowest BCUT2D eigenvalue weighted by Crippen LogP contribution is -2.47. The van der Waals surface area contributed by atoms with Crippen molar-refractivity contribution in [2.45, 2.75) is 6.04 Å². The standard InChI is InChI=1S/C9H11ClN6O/c10-5-7-6-17-4-3-15(7)9-2-1-8-11-13-14-16(8)12-9/h1-2,7H,3-6H2. The van der Waals surface area contributed by atoms with Crippen LogP contribution in [0.1, 0.15) is 0 Å². The zero-order valence-corrected chi connectivity index (χ0v) is 9.79. The zero-order chi connectivity index (χ0) is 11.7. The average molecular weight is 255 g/mol. The van der Waals surface area contributed by atoms with Gasteiger partial charge < -0.3 is 9.64 Å². The molecule has 1 aliphatic heterocycles. The molecule has 1 unspecified atom stereocenters. The van der Waals surface area contributed by atoms with Gasteiger partial charge in [0.25, 0.3) is 0 Å². The summed E-state index contributed by atoms with van der Waals surface area (Å²) in [6, 6.07) is 3.88. The number of rotatable bonds is 2. The Bertz CT molecular complexity index is 517. The summed E-state index contributed by atoms with van der Waals surface area (Å²) in [6.07, 6.45) is 0. The third-order valence-corrected chi connectivity index (χ3v) is 3.11. The second kappa shape index (κ2) is 4.42. The van der Waals surface area contributed by atoms with Crippen LogP contribution in [0.3, 0.4) is 0 Å². The van der Waals surface area contributed by atoms with Crippen LogP contribution in [0.2, 0.25) is 0 Å². The zero-order valence-electron chi connectivity index (χ0n) is 9.03. The quantitative estimate of drug-likeness (QED) is 0.701. The van der Waals surface area contributed by atoms with Crippen molar-refractivity contribution in [1.29, 1.82) is 0 Å². The molecular formula is C9H11ClN6O. The van der Waals surface area contributed by atoms with Crippen molar-refractivity contribution in [2.24, 2.45) is 0 Å². The van der Waals surface area contributed by atoms with Crippen molar-refractivity contribution < 1.29 is 4.74 Å².